The summed E-state index contributed by atoms with van der Waals surface area (Å²) in [6, 6.07) is 4.47. The lowest BCUT2D eigenvalue weighted by molar-refractivity contribution is 0.0698. The maximum Gasteiger partial charge on any atom is 0.337 e. The van der Waals surface area contributed by atoms with E-state index in [-0.39, 0.29) is 11.1 Å². The number of carboxylic acid groups (broad SMARTS) is 1. The second-order valence-corrected chi connectivity index (χ2v) is 6.45. The number of hydrogen-bond donors (Lipinski definition) is 3. The average Bonchev–Trinajstić information content (AvgIpc) is 2.30. The van der Waals surface area contributed by atoms with Gasteiger partial charge in [0.05, 0.1) is 11.3 Å². The first-order valence-electron chi connectivity index (χ1n) is 6.37. The molecule has 2 amide bonds. The molecule has 0 aliphatic carbocycles. The van der Waals surface area contributed by atoms with Crippen LogP contribution in [0, 0.1) is 3.57 Å². The zero-order chi connectivity index (χ0) is 15.3. The van der Waals surface area contributed by atoms with Gasteiger partial charge in [-0.3, -0.25) is 0 Å². The van der Waals surface area contributed by atoms with Crippen LogP contribution in [0.4, 0.5) is 10.5 Å². The minimum Gasteiger partial charge on any atom is -0.478 e. The van der Waals surface area contributed by atoms with E-state index in [1.54, 1.807) is 12.1 Å². The maximum absolute atomic E-state index is 11.9. The Labute approximate surface area is 132 Å². The summed E-state index contributed by atoms with van der Waals surface area (Å²) in [5.41, 5.74) is 0.0499. The zero-order valence-corrected chi connectivity index (χ0v) is 13.9. The number of aromatic carboxylic acids is 1. The van der Waals surface area contributed by atoms with Crippen LogP contribution in [0.2, 0.25) is 0 Å². The number of amides is 2. The van der Waals surface area contributed by atoms with Crippen LogP contribution >= 0.6 is 22.6 Å². The fourth-order valence-corrected chi connectivity index (χ4v) is 2.44. The molecule has 0 saturated heterocycles. The molecule has 1 aromatic rings. The van der Waals surface area contributed by atoms with Gasteiger partial charge >= 0.3 is 12.0 Å². The molecule has 0 aliphatic heterocycles. The number of carboxylic acids is 1. The summed E-state index contributed by atoms with van der Waals surface area (Å²) in [5.74, 6) is -1.06. The van der Waals surface area contributed by atoms with E-state index in [4.69, 9.17) is 5.11 Å². The van der Waals surface area contributed by atoms with Gasteiger partial charge in [0.1, 0.15) is 0 Å². The Morgan fingerprint density at radius 2 is 2.00 bits per heavy atom. The highest BCUT2D eigenvalue weighted by molar-refractivity contribution is 14.1. The normalized spacial score (nSPS) is 11.0. The van der Waals surface area contributed by atoms with Crippen molar-refractivity contribution in [3.63, 3.8) is 0 Å². The van der Waals surface area contributed by atoms with E-state index in [9.17, 15) is 9.59 Å². The molecule has 0 atom stereocenters. The van der Waals surface area contributed by atoms with E-state index in [0.717, 1.165) is 16.4 Å². The fraction of sp³-hybridized carbons (Fsp3) is 0.429. The first kappa shape index (κ1) is 16.7. The molecule has 0 bridgehead atoms. The van der Waals surface area contributed by atoms with Crippen molar-refractivity contribution in [2.75, 3.05) is 5.32 Å². The van der Waals surface area contributed by atoms with Gasteiger partial charge in [-0.2, -0.15) is 0 Å². The van der Waals surface area contributed by atoms with Crippen LogP contribution in [-0.4, -0.2) is 22.6 Å². The van der Waals surface area contributed by atoms with Crippen LogP contribution in [0.25, 0.3) is 0 Å². The van der Waals surface area contributed by atoms with Crippen molar-refractivity contribution >= 4 is 40.3 Å². The Hall–Kier alpha value is -1.31. The van der Waals surface area contributed by atoms with E-state index >= 15 is 0 Å². The molecule has 0 aromatic heterocycles. The summed E-state index contributed by atoms with van der Waals surface area (Å²) < 4.78 is 0.803. The number of halogens is 1. The predicted octanol–water partition coefficient (Wildman–Crippen LogP) is 3.69. The zero-order valence-electron chi connectivity index (χ0n) is 11.8. The maximum atomic E-state index is 11.9. The van der Waals surface area contributed by atoms with Gasteiger partial charge in [0.15, 0.2) is 0 Å². The van der Waals surface area contributed by atoms with Gasteiger partial charge in [-0.15, -0.1) is 0 Å². The number of rotatable bonds is 5. The van der Waals surface area contributed by atoms with Crippen LogP contribution in [-0.2, 0) is 0 Å². The molecule has 0 unspecified atom stereocenters. The summed E-state index contributed by atoms with van der Waals surface area (Å²) in [6.07, 6.45) is 1.80. The van der Waals surface area contributed by atoms with E-state index in [2.05, 4.69) is 10.6 Å². The van der Waals surface area contributed by atoms with Crippen molar-refractivity contribution in [2.24, 2.45) is 0 Å². The number of carbonyl (C=O) groups is 2. The molecule has 0 saturated carbocycles. The smallest absolute Gasteiger partial charge is 0.337 e. The number of nitrogens with one attached hydrogen (secondary N) is 2. The van der Waals surface area contributed by atoms with E-state index < -0.39 is 12.0 Å². The first-order valence-corrected chi connectivity index (χ1v) is 7.45. The van der Waals surface area contributed by atoms with E-state index in [1.165, 1.54) is 6.07 Å². The molecule has 5 nitrogen and oxygen atoms in total. The van der Waals surface area contributed by atoms with E-state index in [1.807, 2.05) is 43.4 Å². The quantitative estimate of drug-likeness (QED) is 0.671. The lowest BCUT2D eigenvalue weighted by Crippen LogP contribution is -2.45. The molecule has 0 fully saturated rings. The van der Waals surface area contributed by atoms with Gasteiger partial charge in [0, 0.05) is 9.11 Å². The molecule has 1 aromatic carbocycles. The van der Waals surface area contributed by atoms with Crippen LogP contribution < -0.4 is 10.6 Å². The summed E-state index contributed by atoms with van der Waals surface area (Å²) in [6.45, 7) is 5.91. The third-order valence-electron chi connectivity index (χ3n) is 2.79. The molecule has 0 spiro atoms. The Morgan fingerprint density at radius 3 is 2.55 bits per heavy atom. The average molecular weight is 390 g/mol. The van der Waals surface area contributed by atoms with Crippen molar-refractivity contribution in [2.45, 2.75) is 39.2 Å². The minimum atomic E-state index is -1.06. The molecule has 1 rings (SSSR count). The minimum absolute atomic E-state index is 0.0837. The SMILES string of the molecule is CCCC(C)(C)NC(=O)Nc1ccc(I)cc1C(=O)O. The Bertz CT molecular complexity index is 515. The van der Waals surface area contributed by atoms with Crippen molar-refractivity contribution in [3.8, 4) is 0 Å². The third-order valence-corrected chi connectivity index (χ3v) is 3.46. The number of carbonyl (C=O) groups excluding carboxylic acids is 1. The molecule has 0 heterocycles. The predicted molar refractivity (Wildman–Crippen MR) is 87.3 cm³/mol. The van der Waals surface area contributed by atoms with Gasteiger partial charge < -0.3 is 15.7 Å². The summed E-state index contributed by atoms with van der Waals surface area (Å²) in [7, 11) is 0. The fourth-order valence-electron chi connectivity index (χ4n) is 1.95. The van der Waals surface area contributed by atoms with Gasteiger partial charge in [-0.1, -0.05) is 13.3 Å². The lowest BCUT2D eigenvalue weighted by atomic mass is 9.99. The molecular weight excluding hydrogens is 371 g/mol. The topological polar surface area (TPSA) is 78.4 Å². The number of urea groups is 1. The van der Waals surface area contributed by atoms with E-state index in [0.29, 0.717) is 5.69 Å². The van der Waals surface area contributed by atoms with Crippen LogP contribution in [0.1, 0.15) is 44.0 Å². The molecule has 6 heteroatoms. The molecule has 0 radical (unpaired) electrons. The monoisotopic (exact) mass is 390 g/mol. The highest BCUT2D eigenvalue weighted by Gasteiger charge is 2.20. The molecule has 3 N–H and O–H groups in total. The molecule has 110 valence electrons. The first-order chi connectivity index (χ1) is 9.25. The van der Waals surface area contributed by atoms with Crippen LogP contribution in [0.5, 0.6) is 0 Å². The Kier molecular flexibility index (Phi) is 5.79. The van der Waals surface area contributed by atoms with Gasteiger partial charge in [0.25, 0.3) is 0 Å². The van der Waals surface area contributed by atoms with Gasteiger partial charge in [-0.25, -0.2) is 9.59 Å². The second-order valence-electron chi connectivity index (χ2n) is 5.21. The van der Waals surface area contributed by atoms with Crippen molar-refractivity contribution in [3.05, 3.63) is 27.3 Å². The van der Waals surface area contributed by atoms with Crippen molar-refractivity contribution in [1.29, 1.82) is 0 Å². The molecular formula is C14H19IN2O3. The Morgan fingerprint density at radius 1 is 1.35 bits per heavy atom. The van der Waals surface area contributed by atoms with Crippen LogP contribution in [0.3, 0.4) is 0 Å². The highest BCUT2D eigenvalue weighted by Crippen LogP contribution is 2.19. The van der Waals surface area contributed by atoms with Gasteiger partial charge in [0.2, 0.25) is 0 Å². The molecule has 0 aliphatic rings. The van der Waals surface area contributed by atoms with Crippen LogP contribution in [0.15, 0.2) is 18.2 Å². The summed E-state index contributed by atoms with van der Waals surface area (Å²) in [5, 5.41) is 14.6. The highest BCUT2D eigenvalue weighted by atomic mass is 127. The largest absolute Gasteiger partial charge is 0.478 e. The Balaban J connectivity index is 2.83. The number of hydrogen-bond acceptors (Lipinski definition) is 2. The standard InChI is InChI=1S/C14H19IN2O3/c1-4-7-14(2,3)17-13(20)16-11-6-5-9(15)8-10(11)12(18)19/h5-6,8H,4,7H2,1-3H3,(H,18,19)(H2,16,17,20). The number of anilines is 1. The van der Waals surface area contributed by atoms with Gasteiger partial charge in [-0.05, 0) is 61.1 Å². The number of benzene rings is 1. The van der Waals surface area contributed by atoms with Crippen molar-refractivity contribution in [1.82, 2.24) is 5.32 Å². The second kappa shape index (κ2) is 6.92. The summed E-state index contributed by atoms with van der Waals surface area (Å²) in [4.78, 5) is 23.1. The third kappa shape index (κ3) is 4.99. The lowest BCUT2D eigenvalue weighted by Gasteiger charge is -2.26. The van der Waals surface area contributed by atoms with Crippen molar-refractivity contribution < 1.29 is 14.7 Å². The molecule has 20 heavy (non-hydrogen) atoms. The summed E-state index contributed by atoms with van der Waals surface area (Å²) >= 11 is 2.03.